The third kappa shape index (κ3) is 2.31. The number of aromatic nitrogens is 1. The third-order valence-electron chi connectivity index (χ3n) is 3.01. The van der Waals surface area contributed by atoms with Gasteiger partial charge in [-0.1, -0.05) is 11.6 Å². The molecule has 3 rings (SSSR count). The molecule has 102 valence electrons. The summed E-state index contributed by atoms with van der Waals surface area (Å²) in [4.78, 5) is 8.55. The molecule has 1 aliphatic rings. The largest absolute Gasteiger partial charge is 0.383 e. The summed E-state index contributed by atoms with van der Waals surface area (Å²) in [7, 11) is 0. The van der Waals surface area contributed by atoms with Crippen molar-refractivity contribution < 1.29 is 4.39 Å². The lowest BCUT2D eigenvalue weighted by Gasteiger charge is -2.13. The number of rotatable bonds is 1. The first-order chi connectivity index (χ1) is 9.68. The van der Waals surface area contributed by atoms with E-state index in [1.807, 2.05) is 12.1 Å². The minimum absolute atomic E-state index is 0.220. The molecule has 0 unspecified atom stereocenters. The van der Waals surface area contributed by atoms with Gasteiger partial charge in [-0.05, 0) is 40.2 Å². The zero-order valence-electron chi connectivity index (χ0n) is 10.3. The molecule has 6 heteroatoms. The van der Waals surface area contributed by atoms with Gasteiger partial charge in [0.1, 0.15) is 5.69 Å². The molecule has 3 nitrogen and oxygen atoms in total. The average Bonchev–Trinajstić information content (AvgIpc) is 2.66. The van der Waals surface area contributed by atoms with Crippen LogP contribution in [-0.2, 0) is 0 Å². The van der Waals surface area contributed by atoms with E-state index >= 15 is 0 Å². The fourth-order valence-electron chi connectivity index (χ4n) is 2.12. The van der Waals surface area contributed by atoms with Crippen molar-refractivity contribution in [1.82, 2.24) is 4.98 Å². The number of fused-ring (bicyclic) bond motifs is 1. The van der Waals surface area contributed by atoms with Gasteiger partial charge in [-0.3, -0.25) is 9.98 Å². The van der Waals surface area contributed by atoms with Crippen molar-refractivity contribution in [3.63, 3.8) is 0 Å². The minimum atomic E-state index is -0.407. The Kier molecular flexibility index (Phi) is 3.72. The van der Waals surface area contributed by atoms with Gasteiger partial charge in [-0.2, -0.15) is 0 Å². The second-order valence-corrected chi connectivity index (χ2v) is 5.51. The molecule has 1 N–H and O–H groups in total. The van der Waals surface area contributed by atoms with Crippen molar-refractivity contribution in [3.05, 3.63) is 57.0 Å². The van der Waals surface area contributed by atoms with Crippen molar-refractivity contribution in [2.75, 3.05) is 18.4 Å². The summed E-state index contributed by atoms with van der Waals surface area (Å²) in [5.74, 6) is -0.407. The first kappa shape index (κ1) is 13.5. The van der Waals surface area contributed by atoms with Gasteiger partial charge in [0, 0.05) is 28.5 Å². The highest BCUT2D eigenvalue weighted by atomic mass is 79.9. The number of pyridine rings is 1. The van der Waals surface area contributed by atoms with E-state index < -0.39 is 5.82 Å². The molecule has 0 fully saturated rings. The minimum Gasteiger partial charge on any atom is -0.383 e. The topological polar surface area (TPSA) is 37.3 Å². The maximum Gasteiger partial charge on any atom is 0.151 e. The monoisotopic (exact) mass is 353 g/mol. The predicted molar refractivity (Wildman–Crippen MR) is 82.3 cm³/mol. The van der Waals surface area contributed by atoms with Crippen LogP contribution in [0.3, 0.4) is 0 Å². The fourth-order valence-corrected chi connectivity index (χ4v) is 2.70. The molecule has 0 saturated carbocycles. The van der Waals surface area contributed by atoms with Gasteiger partial charge in [0.25, 0.3) is 0 Å². The molecule has 2 heterocycles. The molecule has 0 radical (unpaired) electrons. The van der Waals surface area contributed by atoms with E-state index in [0.29, 0.717) is 29.4 Å². The molecule has 0 aliphatic carbocycles. The van der Waals surface area contributed by atoms with E-state index in [1.54, 1.807) is 12.3 Å². The van der Waals surface area contributed by atoms with E-state index in [9.17, 15) is 4.39 Å². The Morgan fingerprint density at radius 3 is 2.95 bits per heavy atom. The second kappa shape index (κ2) is 5.50. The molecule has 0 saturated heterocycles. The summed E-state index contributed by atoms with van der Waals surface area (Å²) in [6, 6.07) is 6.67. The van der Waals surface area contributed by atoms with Crippen molar-refractivity contribution in [3.8, 4) is 0 Å². The van der Waals surface area contributed by atoms with Crippen LogP contribution in [0.15, 0.2) is 39.9 Å². The summed E-state index contributed by atoms with van der Waals surface area (Å²) in [5, 5.41) is 3.74. The zero-order chi connectivity index (χ0) is 14.1. The van der Waals surface area contributed by atoms with Gasteiger partial charge < -0.3 is 5.32 Å². The number of halogens is 3. The molecule has 1 aromatic heterocycles. The fraction of sp³-hybridized carbons (Fsp3) is 0.143. The Balaban J connectivity index is 2.26. The molecule has 20 heavy (non-hydrogen) atoms. The summed E-state index contributed by atoms with van der Waals surface area (Å²) in [5.41, 5.74) is 2.21. The molecule has 2 aromatic rings. The zero-order valence-corrected chi connectivity index (χ0v) is 12.7. The Morgan fingerprint density at radius 1 is 1.30 bits per heavy atom. The molecule has 1 aromatic carbocycles. The van der Waals surface area contributed by atoms with Gasteiger partial charge in [-0.25, -0.2) is 4.39 Å². The Hall–Kier alpha value is -1.46. The second-order valence-electron chi connectivity index (χ2n) is 4.27. The maximum absolute atomic E-state index is 14.0. The number of aliphatic imine (C=N–C) groups is 1. The lowest BCUT2D eigenvalue weighted by Crippen LogP contribution is -2.10. The summed E-state index contributed by atoms with van der Waals surface area (Å²) < 4.78 is 14.8. The predicted octanol–water partition coefficient (Wildman–Crippen LogP) is 3.90. The van der Waals surface area contributed by atoms with E-state index in [0.717, 1.165) is 10.2 Å². The van der Waals surface area contributed by atoms with Gasteiger partial charge in [0.2, 0.25) is 0 Å². The lowest BCUT2D eigenvalue weighted by atomic mass is 10.0. The van der Waals surface area contributed by atoms with E-state index in [2.05, 4.69) is 31.2 Å². The number of benzodiazepines with no additional fused rings is 1. The Bertz CT molecular complexity index is 703. The van der Waals surface area contributed by atoms with Gasteiger partial charge in [0.05, 0.1) is 17.3 Å². The van der Waals surface area contributed by atoms with Crippen LogP contribution in [0.1, 0.15) is 11.3 Å². The number of hydrogen-bond acceptors (Lipinski definition) is 3. The van der Waals surface area contributed by atoms with Crippen molar-refractivity contribution in [2.45, 2.75) is 0 Å². The summed E-state index contributed by atoms with van der Waals surface area (Å²) in [6.45, 7) is 1.21. The highest BCUT2D eigenvalue weighted by Crippen LogP contribution is 2.34. The van der Waals surface area contributed by atoms with Crippen LogP contribution in [0.4, 0.5) is 10.1 Å². The van der Waals surface area contributed by atoms with Crippen LogP contribution in [0, 0.1) is 5.82 Å². The standard InChI is InChI=1S/C14H10BrClFN3/c15-8-3-4-10-11(12(8)16)14(20-7-6-18-10)13-9(17)2-1-5-19-13/h1-5,18H,6-7H2. The SMILES string of the molecule is Fc1cccnc1C1=NCCNc2ccc(Br)c(Cl)c21. The number of anilines is 1. The number of benzene rings is 1. The lowest BCUT2D eigenvalue weighted by molar-refractivity contribution is 0.618. The van der Waals surface area contributed by atoms with E-state index in [4.69, 9.17) is 11.6 Å². The molecular weight excluding hydrogens is 345 g/mol. The number of nitrogens with zero attached hydrogens (tertiary/aromatic N) is 2. The van der Waals surface area contributed by atoms with Crippen LogP contribution in [0.2, 0.25) is 5.02 Å². The maximum atomic E-state index is 14.0. The Labute approximate surface area is 129 Å². The highest BCUT2D eigenvalue weighted by Gasteiger charge is 2.22. The smallest absolute Gasteiger partial charge is 0.151 e. The summed E-state index contributed by atoms with van der Waals surface area (Å²) >= 11 is 9.75. The van der Waals surface area contributed by atoms with Gasteiger partial charge in [-0.15, -0.1) is 0 Å². The van der Waals surface area contributed by atoms with Crippen LogP contribution < -0.4 is 5.32 Å². The Morgan fingerprint density at radius 2 is 2.15 bits per heavy atom. The third-order valence-corrected chi connectivity index (χ3v) is 4.29. The van der Waals surface area contributed by atoms with Gasteiger partial charge in [0.15, 0.2) is 5.82 Å². The van der Waals surface area contributed by atoms with Crippen LogP contribution >= 0.6 is 27.5 Å². The molecule has 0 atom stereocenters. The van der Waals surface area contributed by atoms with Crippen LogP contribution in [0.5, 0.6) is 0 Å². The van der Waals surface area contributed by atoms with Gasteiger partial charge >= 0.3 is 0 Å². The first-order valence-electron chi connectivity index (χ1n) is 6.06. The molecular formula is C14H10BrClFN3. The van der Waals surface area contributed by atoms with E-state index in [1.165, 1.54) is 6.07 Å². The molecule has 0 amide bonds. The molecule has 0 spiro atoms. The summed E-state index contributed by atoms with van der Waals surface area (Å²) in [6.07, 6.45) is 1.55. The molecule has 0 bridgehead atoms. The highest BCUT2D eigenvalue weighted by molar-refractivity contribution is 9.10. The first-order valence-corrected chi connectivity index (χ1v) is 7.23. The molecule has 1 aliphatic heterocycles. The van der Waals surface area contributed by atoms with Crippen molar-refractivity contribution >= 4 is 38.9 Å². The van der Waals surface area contributed by atoms with Crippen LogP contribution in [0.25, 0.3) is 0 Å². The van der Waals surface area contributed by atoms with Crippen molar-refractivity contribution in [1.29, 1.82) is 0 Å². The normalized spacial score (nSPS) is 14.1. The number of nitrogens with one attached hydrogen (secondary N) is 1. The van der Waals surface area contributed by atoms with Crippen LogP contribution in [-0.4, -0.2) is 23.8 Å². The average molecular weight is 355 g/mol. The quantitative estimate of drug-likeness (QED) is 0.843. The number of hydrogen-bond donors (Lipinski definition) is 1. The van der Waals surface area contributed by atoms with E-state index in [-0.39, 0.29) is 5.69 Å². The van der Waals surface area contributed by atoms with Crippen molar-refractivity contribution in [2.24, 2.45) is 4.99 Å².